The van der Waals surface area contributed by atoms with Gasteiger partial charge in [-0.05, 0) is 26.2 Å². The molecule has 0 radical (unpaired) electrons. The van der Waals surface area contributed by atoms with Gasteiger partial charge in [-0.2, -0.15) is 5.10 Å². The molecule has 0 aromatic carbocycles. The second-order valence-corrected chi connectivity index (χ2v) is 6.80. The number of nitrogens with zero attached hydrogens (tertiary/aromatic N) is 1. The van der Waals surface area contributed by atoms with Gasteiger partial charge in [0.05, 0.1) is 5.69 Å². The molecule has 2 rings (SSSR count). The molecule has 1 aromatic rings. The molecule has 1 fully saturated rings. The molecule has 1 saturated carbocycles. The SMILES string of the molecule is CCCC(C)NC(=O)c1n[nH]c(C2CC2)c1S(N)(=O)=O. The van der Waals surface area contributed by atoms with Crippen molar-refractivity contribution in [2.75, 3.05) is 0 Å². The fraction of sp³-hybridized carbons (Fsp3) is 0.667. The van der Waals surface area contributed by atoms with E-state index >= 15 is 0 Å². The molecular weight excluding hydrogens is 280 g/mol. The van der Waals surface area contributed by atoms with Gasteiger partial charge in [-0.15, -0.1) is 0 Å². The molecule has 1 amide bonds. The van der Waals surface area contributed by atoms with Gasteiger partial charge < -0.3 is 5.32 Å². The van der Waals surface area contributed by atoms with Crippen LogP contribution in [0.25, 0.3) is 0 Å². The van der Waals surface area contributed by atoms with Crippen molar-refractivity contribution in [3.05, 3.63) is 11.4 Å². The van der Waals surface area contributed by atoms with Crippen LogP contribution in [0.15, 0.2) is 4.90 Å². The number of aromatic nitrogens is 2. The molecular formula is C12H20N4O3S. The summed E-state index contributed by atoms with van der Waals surface area (Å²) in [5.41, 5.74) is 0.332. The van der Waals surface area contributed by atoms with Crippen LogP contribution in [0.2, 0.25) is 0 Å². The number of primary sulfonamides is 1. The van der Waals surface area contributed by atoms with Gasteiger partial charge in [-0.3, -0.25) is 9.89 Å². The number of rotatable bonds is 6. The number of carbonyl (C=O) groups is 1. The molecule has 8 heteroatoms. The van der Waals surface area contributed by atoms with Gasteiger partial charge in [-0.25, -0.2) is 13.6 Å². The maximum absolute atomic E-state index is 12.1. The summed E-state index contributed by atoms with van der Waals surface area (Å²) in [6.07, 6.45) is 3.52. The van der Waals surface area contributed by atoms with Crippen molar-refractivity contribution in [3.8, 4) is 0 Å². The summed E-state index contributed by atoms with van der Waals surface area (Å²) < 4.78 is 23.4. The normalized spacial score (nSPS) is 16.9. The van der Waals surface area contributed by atoms with Gasteiger partial charge in [0.15, 0.2) is 5.69 Å². The Morgan fingerprint density at radius 3 is 2.70 bits per heavy atom. The number of nitrogens with one attached hydrogen (secondary N) is 2. The second kappa shape index (κ2) is 5.53. The smallest absolute Gasteiger partial charge is 0.273 e. The molecule has 4 N–H and O–H groups in total. The minimum Gasteiger partial charge on any atom is -0.348 e. The summed E-state index contributed by atoms with van der Waals surface area (Å²) in [5, 5.41) is 14.5. The lowest BCUT2D eigenvalue weighted by Gasteiger charge is -2.12. The highest BCUT2D eigenvalue weighted by molar-refractivity contribution is 7.89. The van der Waals surface area contributed by atoms with E-state index in [0.29, 0.717) is 5.69 Å². The number of sulfonamides is 1. The number of amides is 1. The van der Waals surface area contributed by atoms with E-state index in [9.17, 15) is 13.2 Å². The molecule has 1 atom stereocenters. The second-order valence-electron chi connectivity index (χ2n) is 5.30. The van der Waals surface area contributed by atoms with E-state index in [-0.39, 0.29) is 22.5 Å². The van der Waals surface area contributed by atoms with Crippen LogP contribution in [0, 0.1) is 0 Å². The van der Waals surface area contributed by atoms with E-state index in [0.717, 1.165) is 25.7 Å². The predicted octanol–water partition coefficient (Wildman–Crippen LogP) is 0.853. The van der Waals surface area contributed by atoms with Crippen LogP contribution >= 0.6 is 0 Å². The van der Waals surface area contributed by atoms with Crippen LogP contribution in [0.5, 0.6) is 0 Å². The van der Waals surface area contributed by atoms with Crippen molar-refractivity contribution in [3.63, 3.8) is 0 Å². The third-order valence-electron chi connectivity index (χ3n) is 3.33. The third kappa shape index (κ3) is 3.18. The Kier molecular flexibility index (Phi) is 4.14. The topological polar surface area (TPSA) is 118 Å². The van der Waals surface area contributed by atoms with E-state index in [1.807, 2.05) is 13.8 Å². The Morgan fingerprint density at radius 2 is 2.20 bits per heavy atom. The maximum atomic E-state index is 12.1. The fourth-order valence-electron chi connectivity index (χ4n) is 2.23. The standard InChI is InChI=1S/C12H20N4O3S/c1-3-4-7(2)14-12(17)10-11(20(13,18)19)9(15-16-10)8-5-6-8/h7-8H,3-6H2,1-2H3,(H,14,17)(H,15,16)(H2,13,18,19). The average Bonchev–Trinajstić information content (AvgIpc) is 3.06. The van der Waals surface area contributed by atoms with Crippen molar-refractivity contribution in [2.45, 2.75) is 56.4 Å². The van der Waals surface area contributed by atoms with Crippen molar-refractivity contribution < 1.29 is 13.2 Å². The largest absolute Gasteiger partial charge is 0.348 e. The maximum Gasteiger partial charge on any atom is 0.273 e. The summed E-state index contributed by atoms with van der Waals surface area (Å²) in [6, 6.07) is -0.0399. The average molecular weight is 300 g/mol. The summed E-state index contributed by atoms with van der Waals surface area (Å²) >= 11 is 0. The fourth-order valence-corrected chi connectivity index (χ4v) is 3.16. The van der Waals surface area contributed by atoms with Gasteiger partial charge in [0, 0.05) is 12.0 Å². The first-order valence-corrected chi connectivity index (χ1v) is 8.31. The lowest BCUT2D eigenvalue weighted by atomic mass is 10.2. The van der Waals surface area contributed by atoms with E-state index in [2.05, 4.69) is 15.5 Å². The van der Waals surface area contributed by atoms with Crippen LogP contribution in [0.4, 0.5) is 0 Å². The van der Waals surface area contributed by atoms with Crippen molar-refractivity contribution in [1.29, 1.82) is 0 Å². The van der Waals surface area contributed by atoms with Gasteiger partial charge >= 0.3 is 0 Å². The molecule has 1 aliphatic rings. The molecule has 1 aliphatic carbocycles. The predicted molar refractivity (Wildman–Crippen MR) is 73.8 cm³/mol. The first-order chi connectivity index (χ1) is 9.34. The molecule has 0 spiro atoms. The van der Waals surface area contributed by atoms with Crippen LogP contribution in [0.1, 0.15) is 61.6 Å². The van der Waals surface area contributed by atoms with E-state index in [1.165, 1.54) is 0 Å². The molecule has 20 heavy (non-hydrogen) atoms. The monoisotopic (exact) mass is 300 g/mol. The van der Waals surface area contributed by atoms with Crippen molar-refractivity contribution in [2.24, 2.45) is 5.14 Å². The number of aromatic amines is 1. The number of H-pyrrole nitrogens is 1. The Morgan fingerprint density at radius 1 is 1.55 bits per heavy atom. The summed E-state index contributed by atoms with van der Waals surface area (Å²) in [7, 11) is -3.97. The highest BCUT2D eigenvalue weighted by Gasteiger charge is 2.35. The van der Waals surface area contributed by atoms with Gasteiger partial charge in [-0.1, -0.05) is 13.3 Å². The number of nitrogens with two attached hydrogens (primary N) is 1. The van der Waals surface area contributed by atoms with Gasteiger partial charge in [0.2, 0.25) is 10.0 Å². The highest BCUT2D eigenvalue weighted by Crippen LogP contribution is 2.42. The van der Waals surface area contributed by atoms with E-state index < -0.39 is 15.9 Å². The summed E-state index contributed by atoms with van der Waals surface area (Å²) in [6.45, 7) is 3.88. The zero-order chi connectivity index (χ0) is 14.9. The first-order valence-electron chi connectivity index (χ1n) is 6.76. The zero-order valence-corrected chi connectivity index (χ0v) is 12.5. The lowest BCUT2D eigenvalue weighted by Crippen LogP contribution is -2.34. The number of carbonyl (C=O) groups excluding carboxylic acids is 1. The van der Waals surface area contributed by atoms with E-state index in [4.69, 9.17) is 5.14 Å². The molecule has 0 saturated heterocycles. The molecule has 0 aliphatic heterocycles. The van der Waals surface area contributed by atoms with Crippen molar-refractivity contribution >= 4 is 15.9 Å². The lowest BCUT2D eigenvalue weighted by molar-refractivity contribution is 0.0930. The summed E-state index contributed by atoms with van der Waals surface area (Å²) in [5.74, 6) is -0.386. The minimum atomic E-state index is -3.97. The molecule has 1 heterocycles. The van der Waals surface area contributed by atoms with Gasteiger partial charge in [0.1, 0.15) is 4.90 Å². The van der Waals surface area contributed by atoms with Crippen LogP contribution in [-0.2, 0) is 10.0 Å². The zero-order valence-electron chi connectivity index (χ0n) is 11.6. The number of hydrogen-bond acceptors (Lipinski definition) is 4. The quantitative estimate of drug-likeness (QED) is 0.721. The third-order valence-corrected chi connectivity index (χ3v) is 4.31. The molecule has 1 unspecified atom stereocenters. The van der Waals surface area contributed by atoms with Crippen LogP contribution in [0.3, 0.4) is 0 Å². The Hall–Kier alpha value is -1.41. The number of hydrogen-bond donors (Lipinski definition) is 3. The Bertz CT molecular complexity index is 604. The van der Waals surface area contributed by atoms with Crippen molar-refractivity contribution in [1.82, 2.24) is 15.5 Å². The molecule has 1 aromatic heterocycles. The molecule has 7 nitrogen and oxygen atoms in total. The molecule has 0 bridgehead atoms. The highest BCUT2D eigenvalue weighted by atomic mass is 32.2. The molecule has 112 valence electrons. The van der Waals surface area contributed by atoms with Crippen LogP contribution in [-0.4, -0.2) is 30.6 Å². The van der Waals surface area contributed by atoms with E-state index in [1.54, 1.807) is 0 Å². The van der Waals surface area contributed by atoms with Gasteiger partial charge in [0.25, 0.3) is 5.91 Å². The van der Waals surface area contributed by atoms with Crippen LogP contribution < -0.4 is 10.5 Å². The minimum absolute atomic E-state index is 0.0399. The Labute approximate surface area is 118 Å². The first kappa shape index (κ1) is 15.0. The summed E-state index contributed by atoms with van der Waals surface area (Å²) in [4.78, 5) is 12.0. The Balaban J connectivity index is 2.30.